The second-order valence-corrected chi connectivity index (χ2v) is 2.17. The Morgan fingerprint density at radius 1 is 1.30 bits per heavy atom. The number of amidine groups is 1. The van der Waals surface area contributed by atoms with E-state index in [0.29, 0.717) is 5.84 Å². The number of nitrogens with one attached hydrogen (secondary N) is 1. The zero-order valence-electron chi connectivity index (χ0n) is 5.96. The molecular weight excluding hydrogens is 124 g/mol. The second-order valence-electron chi connectivity index (χ2n) is 2.17. The fourth-order valence-corrected chi connectivity index (χ4v) is 0.749. The summed E-state index contributed by atoms with van der Waals surface area (Å²) in [5.74, 6) is 0.714. The van der Waals surface area contributed by atoms with Crippen LogP contribution in [0.3, 0.4) is 0 Å². The first-order valence-electron chi connectivity index (χ1n) is 3.20. The number of hydrogen-bond acceptors (Lipinski definition) is 0. The quantitative estimate of drug-likeness (QED) is 0.405. The van der Waals surface area contributed by atoms with Gasteiger partial charge >= 0.3 is 0 Å². The van der Waals surface area contributed by atoms with Gasteiger partial charge in [0, 0.05) is 6.92 Å². The standard InChI is InChI=1S/C8H10N2/c1-7(9)10-8-5-3-2-4-6-8/h2-6H,1H3,(H2,9,10)/p+1. The number of benzene rings is 1. The van der Waals surface area contributed by atoms with Gasteiger partial charge in [0.2, 0.25) is 5.84 Å². The van der Waals surface area contributed by atoms with Crippen LogP contribution in [0.25, 0.3) is 0 Å². The second kappa shape index (κ2) is 3.01. The van der Waals surface area contributed by atoms with Gasteiger partial charge in [0.25, 0.3) is 0 Å². The van der Waals surface area contributed by atoms with Crippen LogP contribution < -0.4 is 10.7 Å². The summed E-state index contributed by atoms with van der Waals surface area (Å²) in [7, 11) is 0. The van der Waals surface area contributed by atoms with Crippen LogP contribution in [0.4, 0.5) is 5.69 Å². The van der Waals surface area contributed by atoms with E-state index in [1.54, 1.807) is 0 Å². The number of rotatable bonds is 1. The zero-order valence-corrected chi connectivity index (χ0v) is 5.96. The van der Waals surface area contributed by atoms with Crippen molar-refractivity contribution in [3.63, 3.8) is 0 Å². The van der Waals surface area contributed by atoms with Gasteiger partial charge in [0.1, 0.15) is 5.69 Å². The lowest BCUT2D eigenvalue weighted by atomic mass is 10.3. The summed E-state index contributed by atoms with van der Waals surface area (Å²) in [4.78, 5) is 3.00. The molecule has 0 bridgehead atoms. The fourth-order valence-electron chi connectivity index (χ4n) is 0.749. The van der Waals surface area contributed by atoms with Gasteiger partial charge in [-0.3, -0.25) is 5.73 Å². The van der Waals surface area contributed by atoms with E-state index in [0.717, 1.165) is 5.69 Å². The van der Waals surface area contributed by atoms with E-state index in [9.17, 15) is 0 Å². The van der Waals surface area contributed by atoms with Gasteiger partial charge in [-0.05, 0) is 12.1 Å². The maximum atomic E-state index is 5.43. The Hall–Kier alpha value is -1.31. The summed E-state index contributed by atoms with van der Waals surface area (Å²) in [6.07, 6.45) is 0. The van der Waals surface area contributed by atoms with E-state index in [2.05, 4.69) is 4.99 Å². The van der Waals surface area contributed by atoms with Crippen LogP contribution in [-0.2, 0) is 0 Å². The van der Waals surface area contributed by atoms with Crippen LogP contribution in [0.1, 0.15) is 6.92 Å². The minimum absolute atomic E-state index is 0.714. The van der Waals surface area contributed by atoms with Crippen molar-refractivity contribution in [3.8, 4) is 0 Å². The molecule has 0 aliphatic rings. The molecule has 3 N–H and O–H groups in total. The van der Waals surface area contributed by atoms with Gasteiger partial charge in [0.05, 0.1) is 0 Å². The largest absolute Gasteiger partial charge is 0.291 e. The molecule has 0 unspecified atom stereocenters. The Bertz CT molecular complexity index is 222. The average molecular weight is 135 g/mol. The number of hydrogen-bond donors (Lipinski definition) is 2. The van der Waals surface area contributed by atoms with Crippen molar-refractivity contribution in [2.75, 3.05) is 0 Å². The lowest BCUT2D eigenvalue weighted by molar-refractivity contribution is -0.355. The molecule has 0 atom stereocenters. The molecule has 1 aromatic carbocycles. The first-order valence-corrected chi connectivity index (χ1v) is 3.20. The predicted molar refractivity (Wildman–Crippen MR) is 41.9 cm³/mol. The molecule has 0 aliphatic carbocycles. The highest BCUT2D eigenvalue weighted by Crippen LogP contribution is 1.94. The Morgan fingerprint density at radius 3 is 2.40 bits per heavy atom. The maximum absolute atomic E-state index is 5.43. The van der Waals surface area contributed by atoms with Crippen molar-refractivity contribution in [1.82, 2.24) is 0 Å². The molecule has 0 saturated heterocycles. The van der Waals surface area contributed by atoms with Crippen LogP contribution >= 0.6 is 0 Å². The monoisotopic (exact) mass is 135 g/mol. The first kappa shape index (κ1) is 6.81. The van der Waals surface area contributed by atoms with Crippen molar-refractivity contribution < 1.29 is 4.99 Å². The molecule has 2 heteroatoms. The van der Waals surface area contributed by atoms with E-state index in [-0.39, 0.29) is 0 Å². The van der Waals surface area contributed by atoms with E-state index in [4.69, 9.17) is 5.73 Å². The normalized spacial score (nSPS) is 11.5. The van der Waals surface area contributed by atoms with Crippen molar-refractivity contribution in [1.29, 1.82) is 0 Å². The van der Waals surface area contributed by atoms with Crippen LogP contribution in [0.15, 0.2) is 30.3 Å². The Labute approximate surface area is 60.4 Å². The Kier molecular flexibility index (Phi) is 2.05. The highest BCUT2D eigenvalue weighted by molar-refractivity contribution is 5.72. The van der Waals surface area contributed by atoms with Crippen LogP contribution in [0.2, 0.25) is 0 Å². The first-order chi connectivity index (χ1) is 4.79. The van der Waals surface area contributed by atoms with Crippen molar-refractivity contribution in [2.45, 2.75) is 6.92 Å². The summed E-state index contributed by atoms with van der Waals surface area (Å²) >= 11 is 0. The summed E-state index contributed by atoms with van der Waals surface area (Å²) in [5.41, 5.74) is 6.46. The molecule has 0 heterocycles. The van der Waals surface area contributed by atoms with E-state index in [1.807, 2.05) is 37.3 Å². The number of nitrogens with two attached hydrogens (primary N) is 1. The van der Waals surface area contributed by atoms with Gasteiger partial charge in [0.15, 0.2) is 0 Å². The van der Waals surface area contributed by atoms with Gasteiger partial charge < -0.3 is 0 Å². The van der Waals surface area contributed by atoms with Gasteiger partial charge in [-0.25, -0.2) is 4.99 Å². The SMILES string of the molecule is CC(N)=[NH+]c1ccccc1. The molecule has 0 spiro atoms. The molecule has 10 heavy (non-hydrogen) atoms. The van der Waals surface area contributed by atoms with Crippen molar-refractivity contribution in [2.24, 2.45) is 5.73 Å². The van der Waals surface area contributed by atoms with Gasteiger partial charge in [-0.1, -0.05) is 18.2 Å². The Morgan fingerprint density at radius 2 is 1.90 bits per heavy atom. The molecule has 0 saturated carbocycles. The maximum Gasteiger partial charge on any atom is 0.242 e. The lowest BCUT2D eigenvalue weighted by Crippen LogP contribution is -2.68. The Balaban J connectivity index is 2.87. The molecule has 0 radical (unpaired) electrons. The molecule has 1 aromatic rings. The molecule has 1 rings (SSSR count). The van der Waals surface area contributed by atoms with Crippen molar-refractivity contribution in [3.05, 3.63) is 30.3 Å². The third-order valence-electron chi connectivity index (χ3n) is 1.12. The fraction of sp³-hybridized carbons (Fsp3) is 0.125. The third kappa shape index (κ3) is 1.90. The highest BCUT2D eigenvalue weighted by Gasteiger charge is 1.88. The minimum atomic E-state index is 0.714. The van der Waals surface area contributed by atoms with Crippen LogP contribution in [0, 0.1) is 0 Å². The molecule has 0 aromatic heterocycles. The molecule has 52 valence electrons. The van der Waals surface area contributed by atoms with Crippen LogP contribution in [-0.4, -0.2) is 5.84 Å². The summed E-state index contributed by atoms with van der Waals surface area (Å²) in [5, 5.41) is 0. The molecule has 0 amide bonds. The molecule has 0 aliphatic heterocycles. The molecule has 0 fully saturated rings. The van der Waals surface area contributed by atoms with Crippen molar-refractivity contribution >= 4 is 11.5 Å². The highest BCUT2D eigenvalue weighted by atomic mass is 14.8. The van der Waals surface area contributed by atoms with Crippen LogP contribution in [0.5, 0.6) is 0 Å². The van der Waals surface area contributed by atoms with Gasteiger partial charge in [-0.2, -0.15) is 0 Å². The topological polar surface area (TPSA) is 40.0 Å². The molecule has 2 nitrogen and oxygen atoms in total. The zero-order chi connectivity index (χ0) is 7.40. The number of para-hydroxylation sites is 1. The summed E-state index contributed by atoms with van der Waals surface area (Å²) < 4.78 is 0. The predicted octanol–water partition coefficient (Wildman–Crippen LogP) is -0.224. The lowest BCUT2D eigenvalue weighted by Gasteiger charge is -1.87. The average Bonchev–Trinajstić information content (AvgIpc) is 1.88. The summed E-state index contributed by atoms with van der Waals surface area (Å²) in [6.45, 7) is 1.83. The van der Waals surface area contributed by atoms with E-state index in [1.165, 1.54) is 0 Å². The molecular formula is C8H11N2+. The smallest absolute Gasteiger partial charge is 0.242 e. The summed E-state index contributed by atoms with van der Waals surface area (Å²) in [6, 6.07) is 9.83. The third-order valence-corrected chi connectivity index (χ3v) is 1.12. The van der Waals surface area contributed by atoms with Gasteiger partial charge in [-0.15, -0.1) is 0 Å². The minimum Gasteiger partial charge on any atom is -0.291 e. The van der Waals surface area contributed by atoms with E-state index >= 15 is 0 Å². The van der Waals surface area contributed by atoms with E-state index < -0.39 is 0 Å².